The molecule has 0 amide bonds. The fourth-order valence-corrected chi connectivity index (χ4v) is 1.49. The molecule has 0 atom stereocenters. The summed E-state index contributed by atoms with van der Waals surface area (Å²) in [4.78, 5) is 13.9. The molecule has 0 spiro atoms. The summed E-state index contributed by atoms with van der Waals surface area (Å²) in [5.41, 5.74) is 4.77. The van der Waals surface area contributed by atoms with Crippen LogP contribution in [0.3, 0.4) is 0 Å². The Morgan fingerprint density at radius 3 is 2.44 bits per heavy atom. The summed E-state index contributed by atoms with van der Waals surface area (Å²) < 4.78 is 5.22. The Kier molecular flexibility index (Phi) is 4.66. The molecule has 1 aromatic heterocycles. The zero-order valence-corrected chi connectivity index (χ0v) is 11.3. The van der Waals surface area contributed by atoms with Crippen molar-refractivity contribution in [1.29, 1.82) is 0 Å². The minimum absolute atomic E-state index is 0.109. The van der Waals surface area contributed by atoms with E-state index in [1.807, 2.05) is 18.7 Å². The monoisotopic (exact) mass is 255 g/mol. The van der Waals surface area contributed by atoms with Crippen molar-refractivity contribution < 1.29 is 9.84 Å². The zero-order valence-electron chi connectivity index (χ0n) is 11.3. The third-order valence-corrected chi connectivity index (χ3v) is 2.14. The first-order valence-electron chi connectivity index (χ1n) is 5.97. The number of nitrogens with zero attached hydrogens (tertiary/aromatic N) is 4. The molecule has 102 valence electrons. The predicted molar refractivity (Wildman–Crippen MR) is 69.6 cm³/mol. The molecule has 1 heterocycles. The van der Waals surface area contributed by atoms with Gasteiger partial charge in [0, 0.05) is 13.1 Å². The zero-order chi connectivity index (χ0) is 13.8. The van der Waals surface area contributed by atoms with Crippen molar-refractivity contribution in [2.45, 2.75) is 33.3 Å². The highest BCUT2D eigenvalue weighted by Crippen LogP contribution is 2.16. The standard InChI is InChI=1S/C11H21N5O2/c1-5-16(7-11(3,4)17)9-13-8(12)14-10(15-9)18-6-2/h17H,5-7H2,1-4H3,(H2,12,13,14,15). The molecule has 0 saturated carbocycles. The van der Waals surface area contributed by atoms with Crippen LogP contribution >= 0.6 is 0 Å². The number of rotatable bonds is 6. The molecule has 0 aliphatic carbocycles. The highest BCUT2D eigenvalue weighted by atomic mass is 16.5. The molecule has 3 N–H and O–H groups in total. The second-order valence-electron chi connectivity index (χ2n) is 4.54. The fourth-order valence-electron chi connectivity index (χ4n) is 1.49. The normalized spacial score (nSPS) is 11.4. The van der Waals surface area contributed by atoms with Crippen LogP contribution in [0.15, 0.2) is 0 Å². The lowest BCUT2D eigenvalue weighted by molar-refractivity contribution is 0.0871. The summed E-state index contributed by atoms with van der Waals surface area (Å²) >= 11 is 0. The smallest absolute Gasteiger partial charge is 0.323 e. The lowest BCUT2D eigenvalue weighted by Crippen LogP contribution is -2.39. The molecule has 18 heavy (non-hydrogen) atoms. The molecule has 7 heteroatoms. The molecule has 1 aromatic rings. The van der Waals surface area contributed by atoms with Gasteiger partial charge in [-0.2, -0.15) is 15.0 Å². The molecule has 0 bridgehead atoms. The van der Waals surface area contributed by atoms with Gasteiger partial charge in [-0.05, 0) is 27.7 Å². The van der Waals surface area contributed by atoms with Gasteiger partial charge in [-0.1, -0.05) is 0 Å². The number of aliphatic hydroxyl groups is 1. The van der Waals surface area contributed by atoms with E-state index in [1.165, 1.54) is 0 Å². The molecule has 0 unspecified atom stereocenters. The molecule has 1 rings (SSSR count). The third-order valence-electron chi connectivity index (χ3n) is 2.14. The van der Waals surface area contributed by atoms with E-state index in [1.54, 1.807) is 13.8 Å². The number of likely N-dealkylation sites (N-methyl/N-ethyl adjacent to an activating group) is 1. The maximum Gasteiger partial charge on any atom is 0.323 e. The number of aromatic nitrogens is 3. The van der Waals surface area contributed by atoms with Crippen molar-refractivity contribution in [1.82, 2.24) is 15.0 Å². The van der Waals surface area contributed by atoms with Crippen LogP contribution in [-0.2, 0) is 0 Å². The van der Waals surface area contributed by atoms with Gasteiger partial charge in [-0.15, -0.1) is 0 Å². The lowest BCUT2D eigenvalue weighted by atomic mass is 10.1. The summed E-state index contributed by atoms with van der Waals surface area (Å²) in [5, 5.41) is 9.85. The summed E-state index contributed by atoms with van der Waals surface area (Å²) in [5.74, 6) is 0.522. The van der Waals surface area contributed by atoms with E-state index >= 15 is 0 Å². The number of hydrogen-bond acceptors (Lipinski definition) is 7. The number of anilines is 2. The Labute approximate surface area is 107 Å². The van der Waals surface area contributed by atoms with E-state index in [2.05, 4.69) is 15.0 Å². The largest absolute Gasteiger partial charge is 0.464 e. The average Bonchev–Trinajstić information content (AvgIpc) is 2.24. The van der Waals surface area contributed by atoms with Crippen molar-refractivity contribution in [3.63, 3.8) is 0 Å². The van der Waals surface area contributed by atoms with Crippen molar-refractivity contribution in [2.75, 3.05) is 30.3 Å². The second-order valence-corrected chi connectivity index (χ2v) is 4.54. The van der Waals surface area contributed by atoms with Crippen molar-refractivity contribution in [3.05, 3.63) is 0 Å². The Morgan fingerprint density at radius 1 is 1.28 bits per heavy atom. The van der Waals surface area contributed by atoms with Gasteiger partial charge in [-0.25, -0.2) is 0 Å². The first kappa shape index (κ1) is 14.4. The Bertz CT molecular complexity index is 392. The minimum Gasteiger partial charge on any atom is -0.464 e. The first-order chi connectivity index (χ1) is 8.35. The SMILES string of the molecule is CCOc1nc(N)nc(N(CC)CC(C)(C)O)n1. The molecule has 0 saturated heterocycles. The maximum atomic E-state index is 9.85. The maximum absolute atomic E-state index is 9.85. The number of ether oxygens (including phenoxy) is 1. The lowest BCUT2D eigenvalue weighted by Gasteiger charge is -2.28. The number of nitrogens with two attached hydrogens (primary N) is 1. The third kappa shape index (κ3) is 4.33. The van der Waals surface area contributed by atoms with Crippen molar-refractivity contribution in [2.24, 2.45) is 0 Å². The number of hydrogen-bond donors (Lipinski definition) is 2. The van der Waals surface area contributed by atoms with Crippen molar-refractivity contribution in [3.8, 4) is 6.01 Å². The van der Waals surface area contributed by atoms with Gasteiger partial charge in [0.2, 0.25) is 11.9 Å². The summed E-state index contributed by atoms with van der Waals surface area (Å²) in [6.07, 6.45) is 0. The van der Waals surface area contributed by atoms with Gasteiger partial charge < -0.3 is 20.5 Å². The molecule has 0 radical (unpaired) electrons. The predicted octanol–water partition coefficient (Wildman–Crippen LogP) is 0.450. The van der Waals surface area contributed by atoms with E-state index in [0.29, 0.717) is 25.6 Å². The second kappa shape index (κ2) is 5.81. The molecular formula is C11H21N5O2. The Morgan fingerprint density at radius 2 is 1.94 bits per heavy atom. The van der Waals surface area contributed by atoms with Crippen LogP contribution in [0, 0.1) is 0 Å². The van der Waals surface area contributed by atoms with Crippen LogP contribution in [-0.4, -0.2) is 45.4 Å². The topological polar surface area (TPSA) is 97.4 Å². The van der Waals surface area contributed by atoms with E-state index in [0.717, 1.165) is 0 Å². The highest BCUT2D eigenvalue weighted by molar-refractivity contribution is 5.36. The van der Waals surface area contributed by atoms with Crippen LogP contribution in [0.25, 0.3) is 0 Å². The van der Waals surface area contributed by atoms with Gasteiger partial charge in [0.1, 0.15) is 0 Å². The van der Waals surface area contributed by atoms with Gasteiger partial charge in [-0.3, -0.25) is 0 Å². The van der Waals surface area contributed by atoms with Crippen molar-refractivity contribution >= 4 is 11.9 Å². The van der Waals surface area contributed by atoms with Gasteiger partial charge in [0.25, 0.3) is 0 Å². The van der Waals surface area contributed by atoms with Crippen LogP contribution in [0.5, 0.6) is 6.01 Å². The summed E-state index contributed by atoms with van der Waals surface area (Å²) in [7, 11) is 0. The summed E-state index contributed by atoms with van der Waals surface area (Å²) in [6.45, 7) is 8.76. The molecule has 0 fully saturated rings. The van der Waals surface area contributed by atoms with Crippen LogP contribution < -0.4 is 15.4 Å². The first-order valence-corrected chi connectivity index (χ1v) is 5.97. The van der Waals surface area contributed by atoms with Gasteiger partial charge >= 0.3 is 6.01 Å². The minimum atomic E-state index is -0.844. The van der Waals surface area contributed by atoms with Gasteiger partial charge in [0.05, 0.1) is 12.2 Å². The average molecular weight is 255 g/mol. The fraction of sp³-hybridized carbons (Fsp3) is 0.727. The Balaban J connectivity index is 2.98. The van der Waals surface area contributed by atoms with Crippen LogP contribution in [0.4, 0.5) is 11.9 Å². The number of nitrogen functional groups attached to an aromatic ring is 1. The molecule has 0 aliphatic rings. The van der Waals surface area contributed by atoms with Gasteiger partial charge in [0.15, 0.2) is 0 Å². The molecule has 0 aliphatic heterocycles. The molecule has 0 aromatic carbocycles. The highest BCUT2D eigenvalue weighted by Gasteiger charge is 2.20. The molecular weight excluding hydrogens is 234 g/mol. The van der Waals surface area contributed by atoms with Crippen LogP contribution in [0.1, 0.15) is 27.7 Å². The van der Waals surface area contributed by atoms with Crippen LogP contribution in [0.2, 0.25) is 0 Å². The summed E-state index contributed by atoms with van der Waals surface area (Å²) in [6, 6.07) is 0.203. The quantitative estimate of drug-likeness (QED) is 0.761. The van der Waals surface area contributed by atoms with E-state index < -0.39 is 5.60 Å². The molecule has 7 nitrogen and oxygen atoms in total. The van der Waals surface area contributed by atoms with E-state index in [4.69, 9.17) is 10.5 Å². The van der Waals surface area contributed by atoms with E-state index in [-0.39, 0.29) is 12.0 Å². The van der Waals surface area contributed by atoms with E-state index in [9.17, 15) is 5.11 Å². The Hall–Kier alpha value is -1.63.